The lowest BCUT2D eigenvalue weighted by molar-refractivity contribution is -0.137. The van der Waals surface area contributed by atoms with Crippen LogP contribution in [0, 0.1) is 17.8 Å². The van der Waals surface area contributed by atoms with E-state index in [-0.39, 0.29) is 89.7 Å². The number of alkyl carbamates (subject to hydrolysis) is 1. The van der Waals surface area contributed by atoms with Gasteiger partial charge in [0.15, 0.2) is 0 Å². The molecule has 17 heteroatoms. The Kier molecular flexibility index (Phi) is 20.6. The number of nitrogens with zero attached hydrogens (tertiary/aromatic N) is 6. The molecule has 2 aliphatic heterocycles. The third-order valence-electron chi connectivity index (χ3n) is 9.95. The lowest BCUT2D eigenvalue weighted by Gasteiger charge is -2.30. The summed E-state index contributed by atoms with van der Waals surface area (Å²) in [6.07, 6.45) is 10.3. The van der Waals surface area contributed by atoms with Crippen LogP contribution in [0.25, 0.3) is 22.3 Å². The number of hydrogen-bond acceptors (Lipinski definition) is 10. The van der Waals surface area contributed by atoms with E-state index >= 15 is 0 Å². The van der Waals surface area contributed by atoms with Crippen molar-refractivity contribution >= 4 is 83.8 Å². The minimum absolute atomic E-state index is 0. The molecular weight excluding hydrogens is 763 g/mol. The molecule has 4 atom stereocenters. The summed E-state index contributed by atoms with van der Waals surface area (Å²) in [6.45, 7) is 12.6. The van der Waals surface area contributed by atoms with Crippen molar-refractivity contribution in [2.75, 3.05) is 43.9 Å². The number of benzene rings is 1. The second-order valence-electron chi connectivity index (χ2n) is 14.0. The van der Waals surface area contributed by atoms with Crippen molar-refractivity contribution in [1.82, 2.24) is 35.1 Å². The predicted octanol–water partition coefficient (Wildman–Crippen LogP) is 5.53. The van der Waals surface area contributed by atoms with Crippen LogP contribution in [-0.4, -0.2) is 99.1 Å². The lowest BCUT2D eigenvalue weighted by atomic mass is 9.96. The van der Waals surface area contributed by atoms with Gasteiger partial charge in [-0.1, -0.05) is 58.9 Å². The Balaban J connectivity index is 0.00000364. The third-order valence-corrected chi connectivity index (χ3v) is 9.95. The fourth-order valence-electron chi connectivity index (χ4n) is 6.51. The Morgan fingerprint density at radius 2 is 1.07 bits per heavy atom. The van der Waals surface area contributed by atoms with Gasteiger partial charge >= 0.3 is 6.09 Å². The molecule has 0 spiro atoms. The Labute approximate surface area is 347 Å². The number of nitrogens with one attached hydrogen (secondary N) is 3. The van der Waals surface area contributed by atoms with Crippen molar-refractivity contribution in [2.24, 2.45) is 17.8 Å². The number of methoxy groups -OCH3 is 1. The monoisotopic (exact) mass is 821 g/mol. The third kappa shape index (κ3) is 12.3. The largest absolute Gasteiger partial charge is 0.453 e. The van der Waals surface area contributed by atoms with Gasteiger partial charge in [-0.25, -0.2) is 24.7 Å². The van der Waals surface area contributed by atoms with Gasteiger partial charge in [-0.3, -0.25) is 9.59 Å². The number of likely N-dealkylation sites (tertiary alicyclic amines) is 2. The minimum Gasteiger partial charge on any atom is -0.453 e. The molecule has 3 N–H and O–H groups in total. The molecule has 0 saturated carbocycles. The van der Waals surface area contributed by atoms with Gasteiger partial charge in [0.2, 0.25) is 23.7 Å². The summed E-state index contributed by atoms with van der Waals surface area (Å²) in [4.78, 5) is 60.0. The average Bonchev–Trinajstić information content (AvgIpc) is 3.81. The zero-order valence-corrected chi connectivity index (χ0v) is 36.1. The van der Waals surface area contributed by atoms with Gasteiger partial charge in [-0.2, -0.15) is 54.0 Å². The van der Waals surface area contributed by atoms with E-state index in [1.54, 1.807) is 12.4 Å². The highest BCUT2D eigenvalue weighted by atomic mass is 32.1. The van der Waals surface area contributed by atoms with Crippen LogP contribution in [0.5, 0.6) is 0 Å². The van der Waals surface area contributed by atoms with Crippen LogP contribution in [0.15, 0.2) is 49.1 Å². The van der Waals surface area contributed by atoms with Crippen molar-refractivity contribution in [3.8, 4) is 22.3 Å². The lowest BCUT2D eigenvalue weighted by Crippen LogP contribution is -2.53. The van der Waals surface area contributed by atoms with Crippen molar-refractivity contribution in [1.29, 1.82) is 0 Å². The zero-order valence-electron chi connectivity index (χ0n) is 32.1. The quantitative estimate of drug-likeness (QED) is 0.201. The van der Waals surface area contributed by atoms with Gasteiger partial charge in [0.25, 0.3) is 0 Å². The van der Waals surface area contributed by atoms with Gasteiger partial charge < -0.3 is 30.5 Å². The molecule has 4 heterocycles. The highest BCUT2D eigenvalue weighted by Crippen LogP contribution is 2.26. The van der Waals surface area contributed by atoms with Gasteiger partial charge in [0, 0.05) is 80.1 Å². The second kappa shape index (κ2) is 22.8. The van der Waals surface area contributed by atoms with E-state index in [0.29, 0.717) is 37.4 Å². The van der Waals surface area contributed by atoms with Gasteiger partial charge in [0.05, 0.1) is 7.11 Å². The van der Waals surface area contributed by atoms with E-state index in [2.05, 4.69) is 49.7 Å². The van der Waals surface area contributed by atoms with E-state index in [0.717, 1.165) is 54.5 Å². The van der Waals surface area contributed by atoms with Crippen molar-refractivity contribution in [2.45, 2.75) is 78.4 Å². The molecule has 5 rings (SSSR count). The summed E-state index contributed by atoms with van der Waals surface area (Å²) in [5, 5.41) is 9.29. The number of rotatable bonds is 13. The summed E-state index contributed by atoms with van der Waals surface area (Å²) in [7, 11) is 1.29. The first kappa shape index (κ1) is 48.6. The molecule has 2 aromatic heterocycles. The van der Waals surface area contributed by atoms with Crippen LogP contribution in [0.1, 0.15) is 60.3 Å². The first-order valence-electron chi connectivity index (χ1n) is 17.7. The normalized spacial score (nSPS) is 17.3. The summed E-state index contributed by atoms with van der Waals surface area (Å²) in [5.41, 5.74) is 3.76. The topological polar surface area (TPSA) is 155 Å². The van der Waals surface area contributed by atoms with Gasteiger partial charge in [0.1, 0.15) is 6.04 Å². The number of carbonyl (C=O) groups is 3. The molecule has 2 fully saturated rings. The molecule has 300 valence electrons. The molecule has 0 aliphatic carbocycles. The molecule has 3 aromatic rings. The first-order chi connectivity index (χ1) is 24.0. The number of carbonyl (C=O) groups excluding carboxylic acids is 3. The average molecular weight is 822 g/mol. The maximum atomic E-state index is 13.3. The summed E-state index contributed by atoms with van der Waals surface area (Å²) < 4.78 is 4.72. The minimum atomic E-state index is -0.649. The summed E-state index contributed by atoms with van der Waals surface area (Å²) in [5.74, 6) is 1.43. The maximum Gasteiger partial charge on any atom is 0.407 e. The molecule has 13 nitrogen and oxygen atoms in total. The SMILES string of the molecule is COC(=O)N[C@H](C(=O)N1CCC[C@H]1CNc1ncc(-c2ccc(-c3cnc(NC[C@@H]4CCCN4C(=O)[C@@H](C)C(C)C)nc3)cc2)cn1)C(C)C.S.S.S.S. The zero-order chi connectivity index (χ0) is 35.8. The van der Waals surface area contributed by atoms with Crippen LogP contribution in [0.3, 0.4) is 0 Å². The number of hydrogen-bond donors (Lipinski definition) is 3. The Hall–Kier alpha value is -3.41. The molecule has 2 saturated heterocycles. The molecule has 0 radical (unpaired) electrons. The molecule has 0 unspecified atom stereocenters. The molecule has 0 bridgehead atoms. The van der Waals surface area contributed by atoms with Gasteiger partial charge in [-0.05, 0) is 48.6 Å². The van der Waals surface area contributed by atoms with E-state index in [1.165, 1.54) is 7.11 Å². The fourth-order valence-corrected chi connectivity index (χ4v) is 6.51. The van der Waals surface area contributed by atoms with Crippen LogP contribution in [0.4, 0.5) is 16.7 Å². The molecule has 2 aliphatic rings. The van der Waals surface area contributed by atoms with Crippen LogP contribution >= 0.6 is 54.0 Å². The van der Waals surface area contributed by atoms with Crippen LogP contribution in [0.2, 0.25) is 0 Å². The fraction of sp³-hybridized carbons (Fsp3) is 0.541. The van der Waals surface area contributed by atoms with Gasteiger partial charge in [-0.15, -0.1) is 0 Å². The number of anilines is 2. The maximum absolute atomic E-state index is 13.3. The van der Waals surface area contributed by atoms with E-state index < -0.39 is 12.1 Å². The summed E-state index contributed by atoms with van der Waals surface area (Å²) in [6, 6.07) is 7.57. The molecule has 1 aromatic carbocycles. The van der Waals surface area contributed by atoms with Crippen molar-refractivity contribution in [3.63, 3.8) is 0 Å². The second-order valence-corrected chi connectivity index (χ2v) is 14.0. The van der Waals surface area contributed by atoms with E-state index in [9.17, 15) is 14.4 Å². The van der Waals surface area contributed by atoms with Crippen molar-refractivity contribution in [3.05, 3.63) is 49.1 Å². The number of aromatic nitrogens is 4. The van der Waals surface area contributed by atoms with E-state index in [4.69, 9.17) is 4.74 Å². The smallest absolute Gasteiger partial charge is 0.407 e. The Morgan fingerprint density at radius 3 is 1.44 bits per heavy atom. The molecule has 54 heavy (non-hydrogen) atoms. The standard InChI is InChI=1S/C37H51N9O4.4H2S/c1-23(2)25(5)33(47)45-15-7-9-30(45)21-42-35-38-17-28(18-39-35)26-11-13-27(14-12-26)29-19-40-36(41-20-29)43-22-31-10-8-16-46(31)34(48)32(24(3)4)44-37(49)50-6;;;;/h11-14,17-20,23-25,30-32H,7-10,15-16,21-22H2,1-6H3,(H,44,49)(H,38,39,42)(H,40,41,43);4*1H2/t25-,30-,31-,32-;;;;/m0..../s1. The number of amides is 3. The van der Waals surface area contributed by atoms with Crippen molar-refractivity contribution < 1.29 is 19.1 Å². The highest BCUT2D eigenvalue weighted by Gasteiger charge is 2.36. The van der Waals surface area contributed by atoms with Crippen LogP contribution < -0.4 is 16.0 Å². The predicted molar refractivity (Wildman–Crippen MR) is 235 cm³/mol. The Morgan fingerprint density at radius 1 is 0.667 bits per heavy atom. The first-order valence-corrected chi connectivity index (χ1v) is 17.7. The molecule has 3 amide bonds. The Bertz CT molecular complexity index is 1600. The van der Waals surface area contributed by atoms with Crippen LogP contribution in [-0.2, 0) is 14.3 Å². The summed E-state index contributed by atoms with van der Waals surface area (Å²) >= 11 is 0. The molecular formula is C37H59N9O4S4. The number of ether oxygens (including phenoxy) is 1. The van der Waals surface area contributed by atoms with E-state index in [1.807, 2.05) is 67.2 Å². The highest BCUT2D eigenvalue weighted by molar-refractivity contribution is 7.59.